The molecule has 0 aliphatic carbocycles. The highest BCUT2D eigenvalue weighted by Gasteiger charge is 2.17. The Morgan fingerprint density at radius 3 is 2.83 bits per heavy atom. The molecule has 4 heteroatoms. The van der Waals surface area contributed by atoms with Gasteiger partial charge in [-0.15, -0.1) is 0 Å². The van der Waals surface area contributed by atoms with Gasteiger partial charge in [-0.2, -0.15) is 0 Å². The smallest absolute Gasteiger partial charge is 0.164 e. The zero-order valence-electron chi connectivity index (χ0n) is 14.1. The van der Waals surface area contributed by atoms with Gasteiger partial charge >= 0.3 is 0 Å². The van der Waals surface area contributed by atoms with Crippen LogP contribution in [0.1, 0.15) is 17.5 Å². The molecule has 0 saturated heterocycles. The number of ether oxygens (including phenoxy) is 2. The van der Waals surface area contributed by atoms with Gasteiger partial charge in [0.1, 0.15) is 12.7 Å². The van der Waals surface area contributed by atoms with Gasteiger partial charge in [0.2, 0.25) is 0 Å². The first-order valence-corrected chi connectivity index (χ1v) is 8.50. The van der Waals surface area contributed by atoms with Crippen molar-refractivity contribution in [3.63, 3.8) is 0 Å². The molecule has 0 amide bonds. The van der Waals surface area contributed by atoms with Gasteiger partial charge in [0.15, 0.2) is 11.5 Å². The van der Waals surface area contributed by atoms with Crippen molar-refractivity contribution in [2.45, 2.75) is 25.5 Å². The highest BCUT2D eigenvalue weighted by molar-refractivity contribution is 5.47. The maximum atomic E-state index is 10.3. The lowest BCUT2D eigenvalue weighted by molar-refractivity contribution is 0.0726. The second-order valence-electron chi connectivity index (χ2n) is 6.34. The topological polar surface area (TPSA) is 41.9 Å². The molecule has 2 aromatic carbocycles. The van der Waals surface area contributed by atoms with E-state index in [1.165, 1.54) is 11.1 Å². The normalized spacial score (nSPS) is 14.8. The molecule has 128 valence electrons. The maximum Gasteiger partial charge on any atom is 0.164 e. The lowest BCUT2D eigenvalue weighted by Crippen LogP contribution is -2.32. The lowest BCUT2D eigenvalue weighted by Gasteiger charge is -2.23. The van der Waals surface area contributed by atoms with Crippen LogP contribution in [0.3, 0.4) is 0 Å². The van der Waals surface area contributed by atoms with Gasteiger partial charge < -0.3 is 14.6 Å². The van der Waals surface area contributed by atoms with Crippen molar-refractivity contribution in [3.05, 3.63) is 59.7 Å². The largest absolute Gasteiger partial charge is 0.489 e. The Morgan fingerprint density at radius 1 is 1.17 bits per heavy atom. The Bertz CT molecular complexity index is 645. The van der Waals surface area contributed by atoms with E-state index in [2.05, 4.69) is 23.1 Å². The second-order valence-corrected chi connectivity index (χ2v) is 6.34. The molecule has 0 fully saturated rings. The SMILES string of the molecule is CN(Cc1ccccc1)CC(O)COc1cccc2c1OCCC2. The highest BCUT2D eigenvalue weighted by atomic mass is 16.5. The molecule has 1 unspecified atom stereocenters. The third-order valence-corrected chi connectivity index (χ3v) is 4.15. The predicted octanol–water partition coefficient (Wildman–Crippen LogP) is 2.88. The molecule has 0 aromatic heterocycles. The van der Waals surface area contributed by atoms with E-state index in [-0.39, 0.29) is 6.61 Å². The van der Waals surface area contributed by atoms with Gasteiger partial charge in [-0.05, 0) is 37.1 Å². The van der Waals surface area contributed by atoms with Crippen LogP contribution in [-0.4, -0.2) is 42.9 Å². The van der Waals surface area contributed by atoms with E-state index in [1.807, 2.05) is 37.4 Å². The Kier molecular flexibility index (Phi) is 5.72. The van der Waals surface area contributed by atoms with Crippen molar-refractivity contribution in [2.75, 3.05) is 26.8 Å². The number of aliphatic hydroxyl groups is 1. The fourth-order valence-electron chi connectivity index (χ4n) is 3.03. The minimum Gasteiger partial charge on any atom is -0.489 e. The van der Waals surface area contributed by atoms with E-state index >= 15 is 0 Å². The molecule has 0 bridgehead atoms. The summed E-state index contributed by atoms with van der Waals surface area (Å²) in [6, 6.07) is 16.2. The number of hydrogen-bond donors (Lipinski definition) is 1. The molecular formula is C20H25NO3. The Balaban J connectivity index is 1.50. The number of rotatable bonds is 7. The number of hydrogen-bond acceptors (Lipinski definition) is 4. The first-order chi connectivity index (χ1) is 11.7. The van der Waals surface area contributed by atoms with Crippen LogP contribution in [0.5, 0.6) is 11.5 Å². The van der Waals surface area contributed by atoms with Crippen molar-refractivity contribution < 1.29 is 14.6 Å². The molecule has 4 nitrogen and oxygen atoms in total. The fraction of sp³-hybridized carbons (Fsp3) is 0.400. The fourth-order valence-corrected chi connectivity index (χ4v) is 3.03. The molecule has 1 atom stereocenters. The van der Waals surface area contributed by atoms with E-state index in [4.69, 9.17) is 9.47 Å². The molecule has 1 heterocycles. The van der Waals surface area contributed by atoms with Crippen molar-refractivity contribution in [1.82, 2.24) is 4.90 Å². The molecule has 0 saturated carbocycles. The minimum atomic E-state index is -0.543. The van der Waals surface area contributed by atoms with E-state index in [1.54, 1.807) is 0 Å². The Labute approximate surface area is 143 Å². The summed E-state index contributed by atoms with van der Waals surface area (Å²) in [5, 5.41) is 10.3. The van der Waals surface area contributed by atoms with E-state index in [0.717, 1.165) is 37.5 Å². The second kappa shape index (κ2) is 8.18. The molecule has 1 N–H and O–H groups in total. The van der Waals surface area contributed by atoms with Crippen LogP contribution in [0.25, 0.3) is 0 Å². The average Bonchev–Trinajstić information content (AvgIpc) is 2.60. The van der Waals surface area contributed by atoms with Crippen LogP contribution < -0.4 is 9.47 Å². The summed E-state index contributed by atoms with van der Waals surface area (Å²) in [6.45, 7) is 2.36. The van der Waals surface area contributed by atoms with Crippen molar-refractivity contribution >= 4 is 0 Å². The summed E-state index contributed by atoms with van der Waals surface area (Å²) in [4.78, 5) is 2.10. The zero-order chi connectivity index (χ0) is 16.8. The predicted molar refractivity (Wildman–Crippen MR) is 94.5 cm³/mol. The number of para-hydroxylation sites is 1. The Morgan fingerprint density at radius 2 is 2.00 bits per heavy atom. The van der Waals surface area contributed by atoms with E-state index in [9.17, 15) is 5.11 Å². The van der Waals surface area contributed by atoms with Crippen LogP contribution in [0.15, 0.2) is 48.5 Å². The highest BCUT2D eigenvalue weighted by Crippen LogP contribution is 2.34. The summed E-state index contributed by atoms with van der Waals surface area (Å²) in [5.41, 5.74) is 2.42. The van der Waals surface area contributed by atoms with E-state index in [0.29, 0.717) is 6.54 Å². The summed E-state index contributed by atoms with van der Waals surface area (Å²) in [6.07, 6.45) is 1.52. The molecule has 24 heavy (non-hydrogen) atoms. The summed E-state index contributed by atoms with van der Waals surface area (Å²) in [5.74, 6) is 1.57. The number of nitrogens with zero attached hydrogens (tertiary/aromatic N) is 1. The number of fused-ring (bicyclic) bond motifs is 1. The molecule has 3 rings (SSSR count). The van der Waals surface area contributed by atoms with Crippen molar-refractivity contribution in [1.29, 1.82) is 0 Å². The first-order valence-electron chi connectivity index (χ1n) is 8.50. The first kappa shape index (κ1) is 16.8. The molecule has 0 radical (unpaired) electrons. The summed E-state index contributed by atoms with van der Waals surface area (Å²) >= 11 is 0. The van der Waals surface area contributed by atoms with Gasteiger partial charge in [-0.1, -0.05) is 42.5 Å². The minimum absolute atomic E-state index is 0.263. The number of aliphatic hydroxyl groups excluding tert-OH is 1. The van der Waals surface area contributed by atoms with Gasteiger partial charge in [-0.3, -0.25) is 4.90 Å². The maximum absolute atomic E-state index is 10.3. The van der Waals surface area contributed by atoms with Crippen LogP contribution in [-0.2, 0) is 13.0 Å². The van der Waals surface area contributed by atoms with E-state index < -0.39 is 6.10 Å². The van der Waals surface area contributed by atoms with Crippen LogP contribution in [0, 0.1) is 0 Å². The molecule has 2 aromatic rings. The zero-order valence-corrected chi connectivity index (χ0v) is 14.1. The molecule has 1 aliphatic heterocycles. The number of benzene rings is 2. The van der Waals surface area contributed by atoms with Gasteiger partial charge in [0.05, 0.1) is 6.61 Å². The Hall–Kier alpha value is -2.04. The van der Waals surface area contributed by atoms with Gasteiger partial charge in [0, 0.05) is 13.1 Å². The number of aryl methyl sites for hydroxylation is 1. The standard InChI is InChI=1S/C20H25NO3/c1-21(13-16-7-3-2-4-8-16)14-18(22)15-24-19-11-5-9-17-10-6-12-23-20(17)19/h2-5,7-9,11,18,22H,6,10,12-15H2,1H3. The van der Waals surface area contributed by atoms with Crippen LogP contribution >= 0.6 is 0 Å². The third kappa shape index (κ3) is 4.49. The quantitative estimate of drug-likeness (QED) is 0.849. The van der Waals surface area contributed by atoms with Crippen LogP contribution in [0.2, 0.25) is 0 Å². The monoisotopic (exact) mass is 327 g/mol. The molecule has 1 aliphatic rings. The lowest BCUT2D eigenvalue weighted by atomic mass is 10.1. The molecule has 0 spiro atoms. The number of likely N-dealkylation sites (N-methyl/N-ethyl adjacent to an activating group) is 1. The van der Waals surface area contributed by atoms with Crippen molar-refractivity contribution in [2.24, 2.45) is 0 Å². The summed E-state index contributed by atoms with van der Waals surface area (Å²) < 4.78 is 11.5. The van der Waals surface area contributed by atoms with Crippen molar-refractivity contribution in [3.8, 4) is 11.5 Å². The summed E-state index contributed by atoms with van der Waals surface area (Å²) in [7, 11) is 2.00. The molecular weight excluding hydrogens is 302 g/mol. The van der Waals surface area contributed by atoms with Gasteiger partial charge in [-0.25, -0.2) is 0 Å². The van der Waals surface area contributed by atoms with Crippen LogP contribution in [0.4, 0.5) is 0 Å². The van der Waals surface area contributed by atoms with Gasteiger partial charge in [0.25, 0.3) is 0 Å². The average molecular weight is 327 g/mol. The third-order valence-electron chi connectivity index (χ3n) is 4.15.